The van der Waals surface area contributed by atoms with E-state index >= 15 is 0 Å². The predicted octanol–water partition coefficient (Wildman–Crippen LogP) is -1.73. The summed E-state index contributed by atoms with van der Waals surface area (Å²) in [5, 5.41) is 33.6. The van der Waals surface area contributed by atoms with E-state index in [9.17, 15) is 29.7 Å². The topological polar surface area (TPSA) is 140 Å². The Kier molecular flexibility index (Phi) is 3.03. The number of aliphatic hydroxyl groups excluding tert-OH is 1. The summed E-state index contributed by atoms with van der Waals surface area (Å²) in [6.07, 6.45) is -2.82. The average molecular weight is 356 g/mol. The number of aliphatic hydroxyl groups is 3. The third-order valence-corrected chi connectivity index (χ3v) is 7.17. The number of ether oxygens (including phenoxy) is 3. The van der Waals surface area contributed by atoms with Crippen LogP contribution in [0.1, 0.15) is 26.2 Å². The van der Waals surface area contributed by atoms with Crippen LogP contribution < -0.4 is 0 Å². The van der Waals surface area contributed by atoms with Gasteiger partial charge in [-0.15, -0.1) is 0 Å². The maximum Gasteiger partial charge on any atom is 0.343 e. The molecule has 2 heterocycles. The highest BCUT2D eigenvalue weighted by Crippen LogP contribution is 2.72. The monoisotopic (exact) mass is 356 g/mol. The minimum atomic E-state index is -2.59. The minimum absolute atomic E-state index is 0.0274. The number of hydrogen-bond acceptors (Lipinski definition) is 9. The molecular formula is C16H20O9. The molecule has 0 aromatic heterocycles. The van der Waals surface area contributed by atoms with Crippen molar-refractivity contribution in [2.24, 2.45) is 16.7 Å². The zero-order valence-electron chi connectivity index (χ0n) is 13.9. The molecule has 2 spiro atoms. The van der Waals surface area contributed by atoms with Crippen molar-refractivity contribution in [3.05, 3.63) is 0 Å². The third-order valence-electron chi connectivity index (χ3n) is 7.17. The standard InChI is InChI=1S/C16H20O9/c1-7-3-4-15(21)13(7)5-8(25-10(18)9(13)17)16(22,12(20)23-2)14(15)6-24-11(14)19/h7-9,17,21-22H,3-6H2,1-2H3/t7-,8-,9-,13+,14-,15?,16+/m1/s1. The smallest absolute Gasteiger partial charge is 0.343 e. The molecule has 2 bridgehead atoms. The number of esters is 3. The molecule has 4 aliphatic rings. The Morgan fingerprint density at radius 2 is 2.00 bits per heavy atom. The number of hydrogen-bond donors (Lipinski definition) is 3. The van der Waals surface area contributed by atoms with Crippen molar-refractivity contribution in [3.63, 3.8) is 0 Å². The lowest BCUT2D eigenvalue weighted by molar-refractivity contribution is -0.357. The fraction of sp³-hybridized carbons (Fsp3) is 0.812. The van der Waals surface area contributed by atoms with E-state index in [0.29, 0.717) is 6.42 Å². The van der Waals surface area contributed by atoms with Crippen LogP contribution in [-0.2, 0) is 28.6 Å². The first-order chi connectivity index (χ1) is 11.6. The van der Waals surface area contributed by atoms with E-state index in [0.717, 1.165) is 7.11 Å². The Labute approximate surface area is 142 Å². The van der Waals surface area contributed by atoms with Gasteiger partial charge in [0, 0.05) is 5.41 Å². The van der Waals surface area contributed by atoms with Gasteiger partial charge in [-0.25, -0.2) is 9.59 Å². The summed E-state index contributed by atoms with van der Waals surface area (Å²) < 4.78 is 14.7. The first-order valence-electron chi connectivity index (χ1n) is 8.22. The van der Waals surface area contributed by atoms with E-state index in [1.165, 1.54) is 0 Å². The minimum Gasteiger partial charge on any atom is -0.467 e. The zero-order chi connectivity index (χ0) is 18.4. The highest BCUT2D eigenvalue weighted by Gasteiger charge is 2.90. The Balaban J connectivity index is 2.03. The molecule has 2 saturated heterocycles. The van der Waals surface area contributed by atoms with Gasteiger partial charge in [-0.05, 0) is 25.2 Å². The van der Waals surface area contributed by atoms with Crippen LogP contribution in [0.5, 0.6) is 0 Å². The zero-order valence-corrected chi connectivity index (χ0v) is 13.9. The largest absolute Gasteiger partial charge is 0.467 e. The van der Waals surface area contributed by atoms with Crippen LogP contribution in [-0.4, -0.2) is 70.4 Å². The van der Waals surface area contributed by atoms with Crippen LogP contribution in [0.2, 0.25) is 0 Å². The molecular weight excluding hydrogens is 336 g/mol. The van der Waals surface area contributed by atoms with Gasteiger partial charge in [0.25, 0.3) is 0 Å². The second-order valence-electron chi connectivity index (χ2n) is 7.61. The van der Waals surface area contributed by atoms with Gasteiger partial charge < -0.3 is 29.5 Å². The third kappa shape index (κ3) is 1.36. The van der Waals surface area contributed by atoms with Crippen molar-refractivity contribution in [2.45, 2.75) is 49.6 Å². The Bertz CT molecular complexity index is 691. The van der Waals surface area contributed by atoms with Crippen molar-refractivity contribution >= 4 is 17.9 Å². The second kappa shape index (κ2) is 4.52. The molecule has 2 aliphatic heterocycles. The molecule has 9 nitrogen and oxygen atoms in total. The highest BCUT2D eigenvalue weighted by molar-refractivity contribution is 5.97. The van der Waals surface area contributed by atoms with Crippen LogP contribution in [0.4, 0.5) is 0 Å². The van der Waals surface area contributed by atoms with E-state index < -0.39 is 58.8 Å². The summed E-state index contributed by atoms with van der Waals surface area (Å²) >= 11 is 0. The molecule has 4 fully saturated rings. The number of cyclic esters (lactones) is 1. The molecule has 25 heavy (non-hydrogen) atoms. The van der Waals surface area contributed by atoms with E-state index in [2.05, 4.69) is 4.74 Å². The summed E-state index contributed by atoms with van der Waals surface area (Å²) in [6, 6.07) is 0. The number of rotatable bonds is 1. The molecule has 7 atom stereocenters. The van der Waals surface area contributed by atoms with Gasteiger partial charge in [-0.1, -0.05) is 6.92 Å². The van der Waals surface area contributed by atoms with Crippen LogP contribution in [0.25, 0.3) is 0 Å². The van der Waals surface area contributed by atoms with E-state index in [-0.39, 0.29) is 18.8 Å². The molecule has 3 N–H and O–H groups in total. The average Bonchev–Trinajstić information content (AvgIpc) is 2.83. The van der Waals surface area contributed by atoms with Gasteiger partial charge in [0.2, 0.25) is 5.60 Å². The summed E-state index contributed by atoms with van der Waals surface area (Å²) in [5.74, 6) is -3.51. The number of methoxy groups -OCH3 is 1. The van der Waals surface area contributed by atoms with Gasteiger partial charge in [-0.3, -0.25) is 4.79 Å². The van der Waals surface area contributed by atoms with Crippen molar-refractivity contribution < 1.29 is 43.9 Å². The molecule has 0 aromatic rings. The summed E-state index contributed by atoms with van der Waals surface area (Å²) in [7, 11) is 1.03. The number of carbonyl (C=O) groups excluding carboxylic acids is 3. The lowest BCUT2D eigenvalue weighted by Gasteiger charge is -2.68. The van der Waals surface area contributed by atoms with Gasteiger partial charge in [0.1, 0.15) is 12.7 Å². The molecule has 2 saturated carbocycles. The fourth-order valence-corrected chi connectivity index (χ4v) is 5.79. The van der Waals surface area contributed by atoms with E-state index in [1.54, 1.807) is 6.92 Å². The number of fused-ring (bicyclic) bond motifs is 2. The van der Waals surface area contributed by atoms with Gasteiger partial charge in [0.15, 0.2) is 11.5 Å². The lowest BCUT2D eigenvalue weighted by Crippen LogP contribution is -2.88. The maximum absolute atomic E-state index is 12.5. The van der Waals surface area contributed by atoms with Gasteiger partial charge in [-0.2, -0.15) is 0 Å². The number of carbonyl (C=O) groups is 3. The summed E-state index contributed by atoms with van der Waals surface area (Å²) in [5.41, 5.74) is -8.06. The molecule has 138 valence electrons. The Morgan fingerprint density at radius 3 is 2.52 bits per heavy atom. The van der Waals surface area contributed by atoms with Crippen molar-refractivity contribution in [2.75, 3.05) is 13.7 Å². The normalized spacial score (nSPS) is 53.6. The first kappa shape index (κ1) is 16.7. The molecule has 2 aliphatic carbocycles. The quantitative estimate of drug-likeness (QED) is 0.369. The van der Waals surface area contributed by atoms with E-state index in [4.69, 9.17) is 9.47 Å². The first-order valence-corrected chi connectivity index (χ1v) is 8.22. The fourth-order valence-electron chi connectivity index (χ4n) is 5.79. The summed E-state index contributed by atoms with van der Waals surface area (Å²) in [6.45, 7) is 1.33. The highest BCUT2D eigenvalue weighted by atomic mass is 16.6. The molecule has 0 amide bonds. The van der Waals surface area contributed by atoms with Gasteiger partial charge >= 0.3 is 17.9 Å². The van der Waals surface area contributed by atoms with Gasteiger partial charge in [0.05, 0.1) is 12.7 Å². The predicted molar refractivity (Wildman–Crippen MR) is 76.6 cm³/mol. The van der Waals surface area contributed by atoms with Crippen LogP contribution in [0.3, 0.4) is 0 Å². The van der Waals surface area contributed by atoms with Crippen molar-refractivity contribution in [3.8, 4) is 0 Å². The van der Waals surface area contributed by atoms with Crippen molar-refractivity contribution in [1.29, 1.82) is 0 Å². The summed E-state index contributed by atoms with van der Waals surface area (Å²) in [4.78, 5) is 37.3. The molecule has 0 aromatic carbocycles. The molecule has 9 heteroatoms. The van der Waals surface area contributed by atoms with Crippen LogP contribution in [0.15, 0.2) is 0 Å². The second-order valence-corrected chi connectivity index (χ2v) is 7.61. The molecule has 1 unspecified atom stereocenters. The van der Waals surface area contributed by atoms with Crippen LogP contribution in [0, 0.1) is 16.7 Å². The lowest BCUT2D eigenvalue weighted by atomic mass is 9.42. The maximum atomic E-state index is 12.5. The Hall–Kier alpha value is -1.71. The molecule has 0 radical (unpaired) electrons. The van der Waals surface area contributed by atoms with Crippen molar-refractivity contribution in [1.82, 2.24) is 0 Å². The van der Waals surface area contributed by atoms with E-state index in [1.807, 2.05) is 0 Å². The SMILES string of the molecule is COC(=O)[C@@]1(O)[C@H]2C[C@]3([C@H](C)CCC3(O)[C@]13COC3=O)[C@H](O)C(=O)O2. The Morgan fingerprint density at radius 1 is 1.32 bits per heavy atom. The molecule has 4 rings (SSSR count). The van der Waals surface area contributed by atoms with Crippen LogP contribution >= 0.6 is 0 Å².